The Bertz CT molecular complexity index is 328. The summed E-state index contributed by atoms with van der Waals surface area (Å²) in [6.07, 6.45) is 5.80. The molecule has 1 aromatic rings. The molecule has 0 N–H and O–H groups in total. The van der Waals surface area contributed by atoms with E-state index in [0.29, 0.717) is 0 Å². The topological polar surface area (TPSA) is 41.6 Å². The number of rotatable bonds is 2. The lowest BCUT2D eigenvalue weighted by molar-refractivity contribution is 0.658. The van der Waals surface area contributed by atoms with Crippen LogP contribution in [-0.4, -0.2) is 9.78 Å². The van der Waals surface area contributed by atoms with E-state index in [-0.39, 0.29) is 5.41 Å². The lowest BCUT2D eigenvalue weighted by atomic mass is 10.0. The largest absolute Gasteiger partial charge is 0.273 e. The van der Waals surface area contributed by atoms with Gasteiger partial charge in [-0.15, -0.1) is 0 Å². The van der Waals surface area contributed by atoms with Gasteiger partial charge in [-0.2, -0.15) is 10.4 Å². The molecule has 0 spiro atoms. The maximum absolute atomic E-state index is 8.90. The minimum absolute atomic E-state index is 0.173. The maximum Gasteiger partial charge on any atom is 0.0854 e. The van der Waals surface area contributed by atoms with E-state index in [2.05, 4.69) is 11.2 Å². The van der Waals surface area contributed by atoms with Crippen LogP contribution < -0.4 is 0 Å². The number of hydrogen-bond donors (Lipinski definition) is 0. The standard InChI is InChI=1S/C9H11N3/c1-2-12-6-8(5-11-12)9(7-10)3-4-9/h5-6H,2-4H2,1H3. The lowest BCUT2D eigenvalue weighted by Crippen LogP contribution is -2.00. The predicted molar refractivity (Wildman–Crippen MR) is 44.4 cm³/mol. The van der Waals surface area contributed by atoms with Crippen molar-refractivity contribution >= 4 is 0 Å². The molecule has 0 atom stereocenters. The summed E-state index contributed by atoms with van der Waals surface area (Å²) >= 11 is 0. The number of nitrogens with zero attached hydrogens (tertiary/aromatic N) is 3. The zero-order valence-corrected chi connectivity index (χ0v) is 7.12. The van der Waals surface area contributed by atoms with Gasteiger partial charge >= 0.3 is 0 Å². The van der Waals surface area contributed by atoms with Crippen molar-refractivity contribution in [3.05, 3.63) is 18.0 Å². The number of hydrogen-bond acceptors (Lipinski definition) is 2. The highest BCUT2D eigenvalue weighted by Gasteiger charge is 2.45. The third-order valence-electron chi connectivity index (χ3n) is 2.47. The first-order valence-corrected chi connectivity index (χ1v) is 4.25. The van der Waals surface area contributed by atoms with Crippen LogP contribution in [0.15, 0.2) is 12.4 Å². The highest BCUT2D eigenvalue weighted by atomic mass is 15.3. The first kappa shape index (κ1) is 7.35. The fraction of sp³-hybridized carbons (Fsp3) is 0.556. The zero-order chi connectivity index (χ0) is 8.60. The summed E-state index contributed by atoms with van der Waals surface area (Å²) in [4.78, 5) is 0. The SMILES string of the molecule is CCn1cc(C2(C#N)CC2)cn1. The summed E-state index contributed by atoms with van der Waals surface area (Å²) in [5.41, 5.74) is 0.916. The van der Waals surface area contributed by atoms with Crippen LogP contribution in [0.4, 0.5) is 0 Å². The predicted octanol–water partition coefficient (Wildman–Crippen LogP) is 1.46. The quantitative estimate of drug-likeness (QED) is 0.658. The van der Waals surface area contributed by atoms with E-state index in [9.17, 15) is 0 Å². The molecule has 62 valence electrons. The molecule has 1 aliphatic rings. The van der Waals surface area contributed by atoms with Crippen molar-refractivity contribution in [3.63, 3.8) is 0 Å². The van der Waals surface area contributed by atoms with Crippen molar-refractivity contribution in [2.24, 2.45) is 0 Å². The van der Waals surface area contributed by atoms with E-state index in [0.717, 1.165) is 24.9 Å². The minimum atomic E-state index is -0.173. The maximum atomic E-state index is 8.90. The monoisotopic (exact) mass is 161 g/mol. The summed E-state index contributed by atoms with van der Waals surface area (Å²) in [5.74, 6) is 0. The molecule has 12 heavy (non-hydrogen) atoms. The first-order chi connectivity index (χ1) is 5.80. The molecule has 1 fully saturated rings. The summed E-state index contributed by atoms with van der Waals surface area (Å²) in [5, 5.41) is 13.1. The van der Waals surface area contributed by atoms with Gasteiger partial charge < -0.3 is 0 Å². The minimum Gasteiger partial charge on any atom is -0.273 e. The van der Waals surface area contributed by atoms with E-state index >= 15 is 0 Å². The zero-order valence-electron chi connectivity index (χ0n) is 7.12. The van der Waals surface area contributed by atoms with Gasteiger partial charge in [0.15, 0.2) is 0 Å². The Kier molecular flexibility index (Phi) is 1.44. The van der Waals surface area contributed by atoms with Crippen LogP contribution >= 0.6 is 0 Å². The van der Waals surface area contributed by atoms with Crippen LogP contribution in [0.3, 0.4) is 0 Å². The van der Waals surface area contributed by atoms with E-state index < -0.39 is 0 Å². The Labute approximate surface area is 71.6 Å². The van der Waals surface area contributed by atoms with Gasteiger partial charge in [-0.25, -0.2) is 0 Å². The van der Waals surface area contributed by atoms with E-state index in [1.807, 2.05) is 24.0 Å². The van der Waals surface area contributed by atoms with E-state index in [4.69, 9.17) is 5.26 Å². The summed E-state index contributed by atoms with van der Waals surface area (Å²) < 4.78 is 1.87. The van der Waals surface area contributed by atoms with Gasteiger partial charge in [0.2, 0.25) is 0 Å². The molecule has 1 aromatic heterocycles. The van der Waals surface area contributed by atoms with Crippen LogP contribution in [0.25, 0.3) is 0 Å². The Hall–Kier alpha value is -1.30. The van der Waals surface area contributed by atoms with Gasteiger partial charge in [0.1, 0.15) is 0 Å². The van der Waals surface area contributed by atoms with Crippen molar-refractivity contribution < 1.29 is 0 Å². The van der Waals surface area contributed by atoms with Gasteiger partial charge in [-0.1, -0.05) is 0 Å². The first-order valence-electron chi connectivity index (χ1n) is 4.25. The van der Waals surface area contributed by atoms with Crippen LogP contribution in [0, 0.1) is 11.3 Å². The fourth-order valence-corrected chi connectivity index (χ4v) is 1.37. The van der Waals surface area contributed by atoms with Crippen molar-refractivity contribution in [1.29, 1.82) is 5.26 Å². The average molecular weight is 161 g/mol. The Morgan fingerprint density at radius 3 is 2.92 bits per heavy atom. The molecule has 0 radical (unpaired) electrons. The van der Waals surface area contributed by atoms with Crippen molar-refractivity contribution in [3.8, 4) is 6.07 Å². The molecule has 1 heterocycles. The van der Waals surface area contributed by atoms with Gasteiger partial charge in [0.05, 0.1) is 17.7 Å². The van der Waals surface area contributed by atoms with Crippen molar-refractivity contribution in [2.45, 2.75) is 31.7 Å². The number of aryl methyl sites for hydroxylation is 1. The summed E-state index contributed by atoms with van der Waals surface area (Å²) in [6.45, 7) is 2.92. The highest BCUT2D eigenvalue weighted by molar-refractivity contribution is 5.35. The molecule has 0 aliphatic heterocycles. The Balaban J connectivity index is 2.30. The van der Waals surface area contributed by atoms with Crippen LogP contribution in [-0.2, 0) is 12.0 Å². The molecule has 0 amide bonds. The summed E-state index contributed by atoms with van der Waals surface area (Å²) in [7, 11) is 0. The molecule has 2 rings (SSSR count). The molecule has 3 nitrogen and oxygen atoms in total. The van der Waals surface area contributed by atoms with E-state index in [1.165, 1.54) is 0 Å². The summed E-state index contributed by atoms with van der Waals surface area (Å²) in [6, 6.07) is 2.35. The number of aromatic nitrogens is 2. The van der Waals surface area contributed by atoms with Gasteiger partial charge in [0, 0.05) is 18.3 Å². The average Bonchev–Trinajstić information content (AvgIpc) is 2.77. The second-order valence-corrected chi connectivity index (χ2v) is 3.28. The number of nitriles is 1. The highest BCUT2D eigenvalue weighted by Crippen LogP contribution is 2.47. The van der Waals surface area contributed by atoms with Crippen molar-refractivity contribution in [2.75, 3.05) is 0 Å². The Morgan fingerprint density at radius 1 is 1.75 bits per heavy atom. The third kappa shape index (κ3) is 0.918. The molecule has 1 aliphatic carbocycles. The molecule has 0 saturated heterocycles. The molecule has 3 heteroatoms. The normalized spacial score (nSPS) is 18.7. The third-order valence-corrected chi connectivity index (χ3v) is 2.47. The van der Waals surface area contributed by atoms with Crippen molar-refractivity contribution in [1.82, 2.24) is 9.78 Å². The molecular weight excluding hydrogens is 150 g/mol. The second kappa shape index (κ2) is 2.34. The smallest absolute Gasteiger partial charge is 0.0854 e. The molecule has 0 unspecified atom stereocenters. The van der Waals surface area contributed by atoms with E-state index in [1.54, 1.807) is 0 Å². The Morgan fingerprint density at radius 2 is 2.50 bits per heavy atom. The van der Waals surface area contributed by atoms with Gasteiger partial charge in [0.25, 0.3) is 0 Å². The van der Waals surface area contributed by atoms with Crippen LogP contribution in [0.5, 0.6) is 0 Å². The fourth-order valence-electron chi connectivity index (χ4n) is 1.37. The molecule has 0 aromatic carbocycles. The van der Waals surface area contributed by atoms with Crippen LogP contribution in [0.1, 0.15) is 25.3 Å². The molecule has 0 bridgehead atoms. The van der Waals surface area contributed by atoms with Gasteiger partial charge in [-0.3, -0.25) is 4.68 Å². The second-order valence-electron chi connectivity index (χ2n) is 3.28. The van der Waals surface area contributed by atoms with Crippen LogP contribution in [0.2, 0.25) is 0 Å². The molecule has 1 saturated carbocycles. The van der Waals surface area contributed by atoms with Gasteiger partial charge in [-0.05, 0) is 19.8 Å². The lowest BCUT2D eigenvalue weighted by Gasteiger charge is -1.98. The molecular formula is C9H11N3.